The highest BCUT2D eigenvalue weighted by molar-refractivity contribution is 7.12. The third kappa shape index (κ3) is 3.49. The van der Waals surface area contributed by atoms with Crippen LogP contribution in [0.1, 0.15) is 28.2 Å². The van der Waals surface area contributed by atoms with Crippen LogP contribution in [0.15, 0.2) is 6.07 Å². The molecular formula is C11H19NS. The van der Waals surface area contributed by atoms with E-state index in [1.165, 1.54) is 29.7 Å². The van der Waals surface area contributed by atoms with Gasteiger partial charge in [-0.2, -0.15) is 0 Å². The lowest BCUT2D eigenvalue weighted by atomic mass is 10.1. The summed E-state index contributed by atoms with van der Waals surface area (Å²) in [6.07, 6.45) is 3.85. The molecule has 1 heterocycles. The molecule has 1 rings (SSSR count). The predicted octanol–water partition coefficient (Wildman–Crippen LogP) is 2.91. The standard InChI is InChI=1S/C11H19NS/c1-9-8-10(2)13-11(9)6-4-5-7-12-3/h8,12H,4-7H2,1-3H3. The summed E-state index contributed by atoms with van der Waals surface area (Å²) in [5.74, 6) is 0. The van der Waals surface area contributed by atoms with Crippen LogP contribution in [0.3, 0.4) is 0 Å². The highest BCUT2D eigenvalue weighted by atomic mass is 32.1. The first kappa shape index (κ1) is 10.7. The monoisotopic (exact) mass is 197 g/mol. The van der Waals surface area contributed by atoms with Crippen molar-refractivity contribution in [1.82, 2.24) is 5.32 Å². The number of thiophene rings is 1. The second-order valence-electron chi connectivity index (χ2n) is 3.52. The van der Waals surface area contributed by atoms with Crippen molar-refractivity contribution in [2.75, 3.05) is 13.6 Å². The van der Waals surface area contributed by atoms with Crippen molar-refractivity contribution in [1.29, 1.82) is 0 Å². The Morgan fingerprint density at radius 3 is 2.62 bits per heavy atom. The van der Waals surface area contributed by atoms with E-state index in [1.807, 2.05) is 18.4 Å². The summed E-state index contributed by atoms with van der Waals surface area (Å²) in [5, 5.41) is 3.18. The van der Waals surface area contributed by atoms with E-state index in [4.69, 9.17) is 0 Å². The molecule has 74 valence electrons. The van der Waals surface area contributed by atoms with E-state index < -0.39 is 0 Å². The van der Waals surface area contributed by atoms with Crippen molar-refractivity contribution in [3.8, 4) is 0 Å². The molecule has 0 fully saturated rings. The van der Waals surface area contributed by atoms with Crippen LogP contribution in [0.25, 0.3) is 0 Å². The van der Waals surface area contributed by atoms with Crippen LogP contribution >= 0.6 is 11.3 Å². The van der Waals surface area contributed by atoms with Crippen molar-refractivity contribution in [3.05, 3.63) is 21.4 Å². The molecule has 0 amide bonds. The molecule has 0 aliphatic rings. The molecule has 0 radical (unpaired) electrons. The van der Waals surface area contributed by atoms with Gasteiger partial charge in [0.15, 0.2) is 0 Å². The summed E-state index contributed by atoms with van der Waals surface area (Å²) < 4.78 is 0. The summed E-state index contributed by atoms with van der Waals surface area (Å²) in [6, 6.07) is 2.29. The molecule has 0 atom stereocenters. The zero-order valence-corrected chi connectivity index (χ0v) is 9.63. The summed E-state index contributed by atoms with van der Waals surface area (Å²) in [4.78, 5) is 3.02. The van der Waals surface area contributed by atoms with Gasteiger partial charge in [-0.25, -0.2) is 0 Å². The third-order valence-corrected chi connectivity index (χ3v) is 3.44. The van der Waals surface area contributed by atoms with Crippen molar-refractivity contribution >= 4 is 11.3 Å². The maximum absolute atomic E-state index is 3.18. The van der Waals surface area contributed by atoms with Crippen LogP contribution < -0.4 is 5.32 Å². The summed E-state index contributed by atoms with van der Waals surface area (Å²) in [6.45, 7) is 5.55. The van der Waals surface area contributed by atoms with Gasteiger partial charge in [0.05, 0.1) is 0 Å². The Morgan fingerprint density at radius 2 is 2.08 bits per heavy atom. The largest absolute Gasteiger partial charge is 0.320 e. The number of rotatable bonds is 5. The minimum absolute atomic E-state index is 1.14. The molecule has 1 nitrogen and oxygen atoms in total. The number of hydrogen-bond donors (Lipinski definition) is 1. The first-order valence-electron chi connectivity index (χ1n) is 4.94. The van der Waals surface area contributed by atoms with Crippen LogP contribution in [0.2, 0.25) is 0 Å². The number of nitrogens with one attached hydrogen (secondary N) is 1. The Bertz CT molecular complexity index is 253. The van der Waals surface area contributed by atoms with Gasteiger partial charge in [-0.1, -0.05) is 0 Å². The van der Waals surface area contributed by atoms with E-state index in [2.05, 4.69) is 25.2 Å². The van der Waals surface area contributed by atoms with Crippen molar-refractivity contribution in [3.63, 3.8) is 0 Å². The van der Waals surface area contributed by atoms with E-state index in [1.54, 1.807) is 4.88 Å². The molecule has 0 aliphatic heterocycles. The van der Waals surface area contributed by atoms with Gasteiger partial charge in [0.25, 0.3) is 0 Å². The Morgan fingerprint density at radius 1 is 1.31 bits per heavy atom. The Kier molecular flexibility index (Phi) is 4.46. The molecule has 1 aromatic rings. The first-order valence-corrected chi connectivity index (χ1v) is 5.76. The maximum atomic E-state index is 3.18. The van der Waals surface area contributed by atoms with Crippen LogP contribution in [0.5, 0.6) is 0 Å². The van der Waals surface area contributed by atoms with Gasteiger partial charge >= 0.3 is 0 Å². The topological polar surface area (TPSA) is 12.0 Å². The van der Waals surface area contributed by atoms with Crippen LogP contribution in [-0.4, -0.2) is 13.6 Å². The van der Waals surface area contributed by atoms with E-state index >= 15 is 0 Å². The van der Waals surface area contributed by atoms with E-state index in [9.17, 15) is 0 Å². The fraction of sp³-hybridized carbons (Fsp3) is 0.636. The molecule has 0 saturated carbocycles. The molecule has 2 heteroatoms. The van der Waals surface area contributed by atoms with E-state index in [0.29, 0.717) is 0 Å². The zero-order chi connectivity index (χ0) is 9.68. The summed E-state index contributed by atoms with van der Waals surface area (Å²) in [5.41, 5.74) is 1.48. The summed E-state index contributed by atoms with van der Waals surface area (Å²) in [7, 11) is 2.01. The second kappa shape index (κ2) is 5.40. The van der Waals surface area contributed by atoms with Crippen LogP contribution in [0, 0.1) is 13.8 Å². The molecule has 0 aliphatic carbocycles. The lowest BCUT2D eigenvalue weighted by molar-refractivity contribution is 0.679. The summed E-state index contributed by atoms with van der Waals surface area (Å²) >= 11 is 1.95. The smallest absolute Gasteiger partial charge is 0.00772 e. The second-order valence-corrected chi connectivity index (χ2v) is 4.86. The molecule has 1 N–H and O–H groups in total. The Labute approximate surface area is 85.2 Å². The normalized spacial score (nSPS) is 10.7. The molecule has 13 heavy (non-hydrogen) atoms. The Balaban J connectivity index is 2.32. The van der Waals surface area contributed by atoms with Gasteiger partial charge in [-0.05, 0) is 58.3 Å². The lowest BCUT2D eigenvalue weighted by Crippen LogP contribution is -2.07. The number of aryl methyl sites for hydroxylation is 3. The third-order valence-electron chi connectivity index (χ3n) is 2.22. The van der Waals surface area contributed by atoms with Crippen molar-refractivity contribution in [2.45, 2.75) is 33.1 Å². The molecular weight excluding hydrogens is 178 g/mol. The maximum Gasteiger partial charge on any atom is 0.00772 e. The molecule has 0 aromatic carbocycles. The first-order chi connectivity index (χ1) is 6.24. The van der Waals surface area contributed by atoms with Gasteiger partial charge in [-0.3, -0.25) is 0 Å². The zero-order valence-electron chi connectivity index (χ0n) is 8.81. The van der Waals surface area contributed by atoms with Gasteiger partial charge in [-0.15, -0.1) is 11.3 Å². The quantitative estimate of drug-likeness (QED) is 0.716. The molecule has 0 unspecified atom stereocenters. The molecule has 0 bridgehead atoms. The highest BCUT2D eigenvalue weighted by Gasteiger charge is 2.01. The Hall–Kier alpha value is -0.340. The van der Waals surface area contributed by atoms with E-state index in [0.717, 1.165) is 6.54 Å². The van der Waals surface area contributed by atoms with Crippen LogP contribution in [-0.2, 0) is 6.42 Å². The lowest BCUT2D eigenvalue weighted by Gasteiger charge is -1.99. The van der Waals surface area contributed by atoms with Gasteiger partial charge in [0.2, 0.25) is 0 Å². The fourth-order valence-electron chi connectivity index (χ4n) is 1.53. The van der Waals surface area contributed by atoms with Gasteiger partial charge < -0.3 is 5.32 Å². The average molecular weight is 197 g/mol. The molecule has 0 saturated heterocycles. The fourth-order valence-corrected chi connectivity index (χ4v) is 2.62. The highest BCUT2D eigenvalue weighted by Crippen LogP contribution is 2.22. The van der Waals surface area contributed by atoms with Crippen LogP contribution in [0.4, 0.5) is 0 Å². The van der Waals surface area contributed by atoms with Crippen molar-refractivity contribution in [2.24, 2.45) is 0 Å². The van der Waals surface area contributed by atoms with Crippen molar-refractivity contribution < 1.29 is 0 Å². The van der Waals surface area contributed by atoms with Gasteiger partial charge in [0.1, 0.15) is 0 Å². The number of unbranched alkanes of at least 4 members (excludes halogenated alkanes) is 1. The van der Waals surface area contributed by atoms with E-state index in [-0.39, 0.29) is 0 Å². The number of hydrogen-bond acceptors (Lipinski definition) is 2. The average Bonchev–Trinajstić information content (AvgIpc) is 2.39. The predicted molar refractivity (Wildman–Crippen MR) is 60.7 cm³/mol. The molecule has 0 spiro atoms. The SMILES string of the molecule is CNCCCCc1sc(C)cc1C. The van der Waals surface area contributed by atoms with Gasteiger partial charge in [0, 0.05) is 9.75 Å². The minimum atomic E-state index is 1.14. The molecule has 1 aromatic heterocycles. The minimum Gasteiger partial charge on any atom is -0.320 e.